The molecule has 2 aromatic carbocycles. The van der Waals surface area contributed by atoms with Crippen molar-refractivity contribution in [3.05, 3.63) is 94.3 Å². The molecule has 0 N–H and O–H groups in total. The minimum Gasteiger partial charge on any atom is -0.494 e. The van der Waals surface area contributed by atoms with Crippen LogP contribution in [0.5, 0.6) is 5.75 Å². The molecule has 0 amide bonds. The van der Waals surface area contributed by atoms with Gasteiger partial charge in [-0.25, -0.2) is 9.37 Å². The van der Waals surface area contributed by atoms with Gasteiger partial charge < -0.3 is 4.74 Å². The molecule has 0 radical (unpaired) electrons. The number of pyridine rings is 1. The molecule has 0 aliphatic carbocycles. The van der Waals surface area contributed by atoms with Gasteiger partial charge in [0.05, 0.1) is 24.6 Å². The number of benzene rings is 2. The molecule has 0 fully saturated rings. The third kappa shape index (κ3) is 4.14. The van der Waals surface area contributed by atoms with Gasteiger partial charge in [-0.3, -0.25) is 14.3 Å². The first kappa shape index (κ1) is 19.1. The lowest BCUT2D eigenvalue weighted by Gasteiger charge is -2.13. The van der Waals surface area contributed by atoms with Gasteiger partial charge in [-0.1, -0.05) is 36.0 Å². The van der Waals surface area contributed by atoms with Crippen LogP contribution in [0.4, 0.5) is 4.39 Å². The molecule has 4 aromatic rings. The predicted octanol–water partition coefficient (Wildman–Crippen LogP) is 4.28. The second-order valence-corrected chi connectivity index (χ2v) is 7.36. The monoisotopic (exact) mass is 407 g/mol. The molecule has 0 bridgehead atoms. The Bertz CT molecular complexity index is 1210. The summed E-state index contributed by atoms with van der Waals surface area (Å²) in [5.41, 5.74) is 2.22. The number of thioether (sulfide) groups is 1. The predicted molar refractivity (Wildman–Crippen MR) is 112 cm³/mol. The van der Waals surface area contributed by atoms with E-state index in [1.54, 1.807) is 35.2 Å². The smallest absolute Gasteiger partial charge is 0.262 e. The molecule has 2 aromatic heterocycles. The van der Waals surface area contributed by atoms with Crippen molar-refractivity contribution >= 4 is 22.7 Å². The third-order valence-electron chi connectivity index (χ3n) is 4.47. The molecule has 4 rings (SSSR count). The lowest BCUT2D eigenvalue weighted by molar-refractivity contribution is 0.386. The van der Waals surface area contributed by atoms with Crippen molar-refractivity contribution < 1.29 is 9.13 Å². The summed E-state index contributed by atoms with van der Waals surface area (Å²) in [6, 6.07) is 15.9. The molecule has 0 spiro atoms. The van der Waals surface area contributed by atoms with Crippen LogP contribution in [0.1, 0.15) is 11.1 Å². The minimum atomic E-state index is -0.412. The number of rotatable bonds is 6. The highest BCUT2D eigenvalue weighted by Crippen LogP contribution is 2.25. The van der Waals surface area contributed by atoms with Crippen LogP contribution in [0.25, 0.3) is 10.9 Å². The summed E-state index contributed by atoms with van der Waals surface area (Å²) in [6.07, 6.45) is 3.42. The fourth-order valence-corrected chi connectivity index (χ4v) is 3.96. The number of ether oxygens (including phenoxy) is 1. The number of halogens is 1. The fourth-order valence-electron chi connectivity index (χ4n) is 3.02. The van der Waals surface area contributed by atoms with Gasteiger partial charge in [0.25, 0.3) is 5.56 Å². The summed E-state index contributed by atoms with van der Waals surface area (Å²) in [5, 5.41) is 1.14. The molecular formula is C22H18FN3O2S. The van der Waals surface area contributed by atoms with Crippen molar-refractivity contribution in [2.45, 2.75) is 17.5 Å². The molecule has 2 heterocycles. The topological polar surface area (TPSA) is 57.0 Å². The summed E-state index contributed by atoms with van der Waals surface area (Å²) in [5.74, 6) is 0.263. The van der Waals surface area contributed by atoms with Crippen molar-refractivity contribution in [2.24, 2.45) is 0 Å². The zero-order chi connectivity index (χ0) is 20.2. The summed E-state index contributed by atoms with van der Waals surface area (Å²) >= 11 is 1.39. The Hall–Kier alpha value is -3.19. The normalized spacial score (nSPS) is 11.0. The maximum atomic E-state index is 14.0. The lowest BCUT2D eigenvalue weighted by atomic mass is 10.2. The van der Waals surface area contributed by atoms with Gasteiger partial charge in [-0.05, 0) is 41.5 Å². The summed E-state index contributed by atoms with van der Waals surface area (Å²) < 4.78 is 20.6. The molecule has 0 saturated heterocycles. The number of para-hydroxylation sites is 1. The zero-order valence-electron chi connectivity index (χ0n) is 15.7. The van der Waals surface area contributed by atoms with E-state index in [1.807, 2.05) is 30.3 Å². The Morgan fingerprint density at radius 1 is 1.10 bits per heavy atom. The van der Waals surface area contributed by atoms with Crippen molar-refractivity contribution in [1.82, 2.24) is 14.5 Å². The van der Waals surface area contributed by atoms with E-state index in [1.165, 1.54) is 24.9 Å². The number of fused-ring (bicyclic) bond motifs is 1. The van der Waals surface area contributed by atoms with Gasteiger partial charge in [0, 0.05) is 18.1 Å². The largest absolute Gasteiger partial charge is 0.494 e. The van der Waals surface area contributed by atoms with Gasteiger partial charge in [-0.15, -0.1) is 0 Å². The SMILES string of the molecule is COc1ccc(CSc2nc3ccccc3c(=O)n2Cc2cccnc2)cc1F. The second kappa shape index (κ2) is 8.45. The third-order valence-corrected chi connectivity index (χ3v) is 5.52. The summed E-state index contributed by atoms with van der Waals surface area (Å²) in [4.78, 5) is 21.9. The molecule has 7 heteroatoms. The van der Waals surface area contributed by atoms with Crippen LogP contribution >= 0.6 is 11.8 Å². The molecule has 0 saturated carbocycles. The van der Waals surface area contributed by atoms with Crippen LogP contribution in [0.2, 0.25) is 0 Å². The molecule has 0 atom stereocenters. The first-order valence-corrected chi connectivity index (χ1v) is 9.98. The van der Waals surface area contributed by atoms with Crippen molar-refractivity contribution in [3.63, 3.8) is 0 Å². The van der Waals surface area contributed by atoms with Crippen molar-refractivity contribution in [1.29, 1.82) is 0 Å². The van der Waals surface area contributed by atoms with Crippen LogP contribution in [-0.2, 0) is 12.3 Å². The molecule has 0 aliphatic rings. The Labute approximate surface area is 171 Å². The molecular weight excluding hydrogens is 389 g/mol. The maximum absolute atomic E-state index is 14.0. The van der Waals surface area contributed by atoms with Gasteiger partial charge in [0.15, 0.2) is 16.7 Å². The highest BCUT2D eigenvalue weighted by molar-refractivity contribution is 7.98. The van der Waals surface area contributed by atoms with E-state index >= 15 is 0 Å². The van der Waals surface area contributed by atoms with E-state index in [2.05, 4.69) is 4.98 Å². The highest BCUT2D eigenvalue weighted by atomic mass is 32.2. The van der Waals surface area contributed by atoms with Crippen LogP contribution < -0.4 is 10.3 Å². The molecule has 0 unspecified atom stereocenters. The Kier molecular flexibility index (Phi) is 5.57. The highest BCUT2D eigenvalue weighted by Gasteiger charge is 2.13. The number of hydrogen-bond acceptors (Lipinski definition) is 5. The summed E-state index contributed by atoms with van der Waals surface area (Å²) in [7, 11) is 1.43. The first-order chi connectivity index (χ1) is 14.2. The molecule has 146 valence electrons. The zero-order valence-corrected chi connectivity index (χ0v) is 16.5. The maximum Gasteiger partial charge on any atom is 0.262 e. The number of nitrogens with zero attached hydrogens (tertiary/aromatic N) is 3. The first-order valence-electron chi connectivity index (χ1n) is 8.99. The van der Waals surface area contributed by atoms with E-state index in [4.69, 9.17) is 9.72 Å². The van der Waals surface area contributed by atoms with E-state index in [0.717, 1.165) is 11.1 Å². The van der Waals surface area contributed by atoms with E-state index in [0.29, 0.717) is 28.4 Å². The number of aromatic nitrogens is 3. The van der Waals surface area contributed by atoms with Crippen LogP contribution in [0.3, 0.4) is 0 Å². The average Bonchev–Trinajstić information content (AvgIpc) is 2.75. The Balaban J connectivity index is 1.71. The van der Waals surface area contributed by atoms with E-state index < -0.39 is 5.82 Å². The van der Waals surface area contributed by atoms with Crippen LogP contribution in [0.15, 0.2) is 76.9 Å². The Morgan fingerprint density at radius 3 is 2.72 bits per heavy atom. The van der Waals surface area contributed by atoms with Crippen LogP contribution in [0, 0.1) is 5.82 Å². The van der Waals surface area contributed by atoms with Gasteiger partial charge in [0.1, 0.15) is 0 Å². The van der Waals surface area contributed by atoms with Gasteiger partial charge in [-0.2, -0.15) is 0 Å². The molecule has 5 nitrogen and oxygen atoms in total. The number of methoxy groups -OCH3 is 1. The van der Waals surface area contributed by atoms with Crippen molar-refractivity contribution in [3.8, 4) is 5.75 Å². The summed E-state index contributed by atoms with van der Waals surface area (Å²) in [6.45, 7) is 0.365. The Morgan fingerprint density at radius 2 is 1.97 bits per heavy atom. The van der Waals surface area contributed by atoms with Crippen molar-refractivity contribution in [2.75, 3.05) is 7.11 Å². The minimum absolute atomic E-state index is 0.108. The quantitative estimate of drug-likeness (QED) is 0.353. The van der Waals surface area contributed by atoms with Crippen LogP contribution in [-0.4, -0.2) is 21.6 Å². The second-order valence-electron chi connectivity index (χ2n) is 6.42. The lowest BCUT2D eigenvalue weighted by Crippen LogP contribution is -2.24. The van der Waals surface area contributed by atoms with Gasteiger partial charge >= 0.3 is 0 Å². The van der Waals surface area contributed by atoms with E-state index in [-0.39, 0.29) is 11.3 Å². The number of hydrogen-bond donors (Lipinski definition) is 0. The molecule has 29 heavy (non-hydrogen) atoms. The standard InChI is InChI=1S/C22H18FN3O2S/c1-28-20-9-8-15(11-18(20)23)14-29-22-25-19-7-3-2-6-17(19)21(27)26(22)13-16-5-4-10-24-12-16/h2-12H,13-14H2,1H3. The average molecular weight is 407 g/mol. The van der Waals surface area contributed by atoms with E-state index in [9.17, 15) is 9.18 Å². The fraction of sp³-hybridized carbons (Fsp3) is 0.136. The van der Waals surface area contributed by atoms with Gasteiger partial charge in [0.2, 0.25) is 0 Å². The molecule has 0 aliphatic heterocycles.